The van der Waals surface area contributed by atoms with E-state index in [0.717, 1.165) is 0 Å². The summed E-state index contributed by atoms with van der Waals surface area (Å²) in [4.78, 5) is 10.8. The van der Waals surface area contributed by atoms with Gasteiger partial charge in [0.2, 0.25) is 0 Å². The summed E-state index contributed by atoms with van der Waals surface area (Å²) in [6.07, 6.45) is -11.5. The van der Waals surface area contributed by atoms with Crippen LogP contribution in [0.15, 0.2) is 11.1 Å². The molecular weight excluding hydrogens is 544 g/mol. The number of aliphatic hydroxyl groups excluding tert-OH is 1. The molecule has 35 heavy (non-hydrogen) atoms. The average Bonchev–Trinajstić information content (AvgIpc) is 2.63. The summed E-state index contributed by atoms with van der Waals surface area (Å²) in [5, 5.41) is 17.7. The van der Waals surface area contributed by atoms with Crippen molar-refractivity contribution in [2.45, 2.75) is 80.7 Å². The van der Waals surface area contributed by atoms with Crippen molar-refractivity contribution in [1.29, 1.82) is 0 Å². The second-order valence-electron chi connectivity index (χ2n) is 7.41. The first-order valence-corrected chi connectivity index (χ1v) is 8.55. The molecule has 0 aromatic rings. The summed E-state index contributed by atoms with van der Waals surface area (Å²) >= 11 is 0. The third-order valence-electron chi connectivity index (χ3n) is 4.75. The lowest BCUT2D eigenvalue weighted by atomic mass is 9.82. The van der Waals surface area contributed by atoms with Gasteiger partial charge in [0.25, 0.3) is 5.67 Å². The lowest BCUT2D eigenvalue weighted by Crippen LogP contribution is -2.74. The molecule has 0 saturated carbocycles. The standard InChI is InChI=1S/C16H14F16O3/c1-5(33)4-7(6(2)8(34)35)10(18,19)12(22,23)14(26,27)15(28,29)13(24,25)11(20,21)9(3,17)16(30,31)32/h5,33H,4H2,1-3H3,(H,34,35). The van der Waals surface area contributed by atoms with E-state index in [-0.39, 0.29) is 6.92 Å². The first-order valence-electron chi connectivity index (χ1n) is 8.55. The van der Waals surface area contributed by atoms with Crippen LogP contribution in [-0.4, -0.2) is 69.7 Å². The lowest BCUT2D eigenvalue weighted by molar-refractivity contribution is -0.443. The quantitative estimate of drug-likeness (QED) is 0.246. The fraction of sp³-hybridized carbons (Fsp3) is 0.812. The number of rotatable bonds is 10. The van der Waals surface area contributed by atoms with Gasteiger partial charge in [-0.25, -0.2) is 9.18 Å². The SMILES string of the molecule is CC(C(=O)O)=C(CC(C)O)C(F)(F)C(F)(F)C(F)(F)C(F)(F)C(F)(F)C(F)(F)C(C)(F)C(F)(F)F. The molecule has 0 rings (SSSR count). The summed E-state index contributed by atoms with van der Waals surface area (Å²) in [5.41, 5.74) is -11.5. The second-order valence-corrected chi connectivity index (χ2v) is 7.41. The van der Waals surface area contributed by atoms with E-state index in [0.29, 0.717) is 6.92 Å². The summed E-state index contributed by atoms with van der Waals surface area (Å²) in [5.74, 6) is -50.7. The highest BCUT2D eigenvalue weighted by Gasteiger charge is 2.93. The van der Waals surface area contributed by atoms with Gasteiger partial charge in [0, 0.05) is 17.6 Å². The number of carboxylic acids is 1. The first kappa shape index (κ1) is 33.0. The average molecular weight is 558 g/mol. The number of carboxylic acid groups (broad SMARTS) is 1. The van der Waals surface area contributed by atoms with E-state index in [1.807, 2.05) is 0 Å². The Morgan fingerprint density at radius 1 is 0.686 bits per heavy atom. The van der Waals surface area contributed by atoms with Gasteiger partial charge in [-0.15, -0.1) is 0 Å². The molecule has 2 N–H and O–H groups in total. The van der Waals surface area contributed by atoms with Crippen molar-refractivity contribution in [3.8, 4) is 0 Å². The molecule has 19 heteroatoms. The van der Waals surface area contributed by atoms with E-state index in [1.165, 1.54) is 0 Å². The Kier molecular flexibility index (Phi) is 8.37. The van der Waals surface area contributed by atoms with Crippen molar-refractivity contribution >= 4 is 5.97 Å². The zero-order chi connectivity index (χ0) is 29.0. The van der Waals surface area contributed by atoms with Crippen molar-refractivity contribution in [3.05, 3.63) is 11.1 Å². The minimum Gasteiger partial charge on any atom is -0.478 e. The van der Waals surface area contributed by atoms with Crippen LogP contribution < -0.4 is 0 Å². The second kappa shape index (κ2) is 8.86. The molecule has 0 saturated heterocycles. The molecular formula is C16H14F16O3. The third-order valence-corrected chi connectivity index (χ3v) is 4.75. The first-order chi connectivity index (χ1) is 14.9. The number of halogens is 16. The van der Waals surface area contributed by atoms with E-state index in [9.17, 15) is 75.0 Å². The topological polar surface area (TPSA) is 57.5 Å². The molecule has 0 heterocycles. The van der Waals surface area contributed by atoms with Crippen LogP contribution in [0.25, 0.3) is 0 Å². The Morgan fingerprint density at radius 2 is 1.00 bits per heavy atom. The highest BCUT2D eigenvalue weighted by molar-refractivity contribution is 5.87. The van der Waals surface area contributed by atoms with Gasteiger partial charge < -0.3 is 10.2 Å². The van der Waals surface area contributed by atoms with Crippen LogP contribution in [0.2, 0.25) is 0 Å². The maximum atomic E-state index is 14.3. The molecule has 0 radical (unpaired) electrons. The van der Waals surface area contributed by atoms with Gasteiger partial charge in [0.05, 0.1) is 6.10 Å². The van der Waals surface area contributed by atoms with Gasteiger partial charge in [-0.05, 0) is 20.8 Å². The van der Waals surface area contributed by atoms with Crippen molar-refractivity contribution in [1.82, 2.24) is 0 Å². The summed E-state index contributed by atoms with van der Waals surface area (Å²) in [6, 6.07) is 0. The summed E-state index contributed by atoms with van der Waals surface area (Å²) in [7, 11) is 0. The predicted molar refractivity (Wildman–Crippen MR) is 81.9 cm³/mol. The van der Waals surface area contributed by atoms with Crippen LogP contribution in [0, 0.1) is 0 Å². The fourth-order valence-electron chi connectivity index (χ4n) is 2.39. The third kappa shape index (κ3) is 4.63. The molecule has 0 aliphatic carbocycles. The Labute approximate surface area is 184 Å². The fourth-order valence-corrected chi connectivity index (χ4v) is 2.39. The molecule has 0 aliphatic rings. The van der Waals surface area contributed by atoms with Gasteiger partial charge in [-0.1, -0.05) is 0 Å². The largest absolute Gasteiger partial charge is 0.478 e. The van der Waals surface area contributed by atoms with Gasteiger partial charge in [0.1, 0.15) is 0 Å². The number of alkyl halides is 16. The Hall–Kier alpha value is -1.95. The van der Waals surface area contributed by atoms with E-state index in [2.05, 4.69) is 0 Å². The number of aliphatic hydroxyl groups is 1. The zero-order valence-electron chi connectivity index (χ0n) is 17.1. The van der Waals surface area contributed by atoms with E-state index < -0.39 is 83.9 Å². The maximum Gasteiger partial charge on any atom is 0.428 e. The molecule has 0 spiro atoms. The van der Waals surface area contributed by atoms with Crippen molar-refractivity contribution < 1.29 is 85.3 Å². The highest BCUT2D eigenvalue weighted by atomic mass is 19.4. The molecule has 0 aromatic heterocycles. The molecule has 0 fully saturated rings. The monoisotopic (exact) mass is 558 g/mol. The maximum absolute atomic E-state index is 14.3. The van der Waals surface area contributed by atoms with Crippen LogP contribution in [0.3, 0.4) is 0 Å². The Balaban J connectivity index is 7.18. The lowest BCUT2D eigenvalue weighted by Gasteiger charge is -2.44. The van der Waals surface area contributed by atoms with Crippen LogP contribution in [0.1, 0.15) is 27.2 Å². The molecule has 0 aromatic carbocycles. The normalized spacial score (nSPS) is 18.6. The molecule has 0 aliphatic heterocycles. The minimum absolute atomic E-state index is 0.000938. The highest BCUT2D eigenvalue weighted by Crippen LogP contribution is 2.64. The molecule has 2 unspecified atom stereocenters. The number of hydrogen-bond donors (Lipinski definition) is 2. The van der Waals surface area contributed by atoms with Gasteiger partial charge in [-0.2, -0.15) is 65.9 Å². The summed E-state index contributed by atoms with van der Waals surface area (Å²) < 4.78 is 217. The van der Waals surface area contributed by atoms with Crippen LogP contribution in [-0.2, 0) is 4.79 Å². The van der Waals surface area contributed by atoms with Crippen LogP contribution in [0.5, 0.6) is 0 Å². The van der Waals surface area contributed by atoms with Crippen molar-refractivity contribution in [2.24, 2.45) is 0 Å². The smallest absolute Gasteiger partial charge is 0.428 e. The zero-order valence-corrected chi connectivity index (χ0v) is 17.1. The van der Waals surface area contributed by atoms with E-state index in [1.54, 1.807) is 0 Å². The van der Waals surface area contributed by atoms with E-state index in [4.69, 9.17) is 10.2 Å². The Bertz CT molecular complexity index is 838. The molecule has 2 atom stereocenters. The number of carbonyl (C=O) groups is 1. The Morgan fingerprint density at radius 3 is 1.29 bits per heavy atom. The van der Waals surface area contributed by atoms with Crippen LogP contribution >= 0.6 is 0 Å². The number of hydrogen-bond acceptors (Lipinski definition) is 2. The predicted octanol–water partition coefficient (Wildman–Crippen LogP) is 6.26. The van der Waals surface area contributed by atoms with Crippen LogP contribution in [0.4, 0.5) is 70.2 Å². The van der Waals surface area contributed by atoms with Gasteiger partial charge >= 0.3 is 47.7 Å². The van der Waals surface area contributed by atoms with Gasteiger partial charge in [-0.3, -0.25) is 0 Å². The molecule has 3 nitrogen and oxygen atoms in total. The molecule has 0 amide bonds. The van der Waals surface area contributed by atoms with Crippen molar-refractivity contribution in [3.63, 3.8) is 0 Å². The minimum atomic E-state index is -8.53. The number of aliphatic carboxylic acids is 1. The molecule has 208 valence electrons. The molecule has 0 bridgehead atoms. The van der Waals surface area contributed by atoms with Crippen molar-refractivity contribution in [2.75, 3.05) is 0 Å². The van der Waals surface area contributed by atoms with Gasteiger partial charge in [0.15, 0.2) is 0 Å². The van der Waals surface area contributed by atoms with E-state index >= 15 is 0 Å². The summed E-state index contributed by atoms with van der Waals surface area (Å²) in [6.45, 7) is -1.06.